The third-order valence-electron chi connectivity index (χ3n) is 15.2. The van der Waals surface area contributed by atoms with Crippen molar-refractivity contribution in [2.45, 2.75) is 124 Å². The summed E-state index contributed by atoms with van der Waals surface area (Å²) in [7, 11) is 1.46. The van der Waals surface area contributed by atoms with Crippen molar-refractivity contribution in [3.8, 4) is 0 Å². The summed E-state index contributed by atoms with van der Waals surface area (Å²) < 4.78 is 4.95. The first-order chi connectivity index (χ1) is 18.7. The van der Waals surface area contributed by atoms with Crippen molar-refractivity contribution in [1.82, 2.24) is 0 Å². The van der Waals surface area contributed by atoms with Gasteiger partial charge in [0.25, 0.3) is 0 Å². The number of carbonyl (C=O) groups excluding carboxylic acids is 1. The highest BCUT2D eigenvalue weighted by atomic mass is 16.5. The predicted octanol–water partition coefficient (Wildman–Crippen LogP) is 9.01. The Morgan fingerprint density at radius 2 is 1.52 bits per heavy atom. The third kappa shape index (κ3) is 3.74. The molecule has 0 saturated heterocycles. The molecule has 0 unspecified atom stereocenters. The van der Waals surface area contributed by atoms with Gasteiger partial charge in [0.1, 0.15) is 0 Å². The topological polar surface area (TPSA) is 52.3 Å². The van der Waals surface area contributed by atoms with E-state index in [0.717, 1.165) is 35.5 Å². The molecule has 6 rings (SSSR count). The van der Waals surface area contributed by atoms with Crippen LogP contribution < -0.4 is 5.73 Å². The first kappa shape index (κ1) is 28.8. The third-order valence-corrected chi connectivity index (χ3v) is 15.2. The van der Waals surface area contributed by atoms with E-state index in [4.69, 9.17) is 10.5 Å². The molecule has 10 atom stereocenters. The van der Waals surface area contributed by atoms with Gasteiger partial charge >= 0.3 is 5.97 Å². The van der Waals surface area contributed by atoms with Crippen LogP contribution in [0.3, 0.4) is 0 Å². The largest absolute Gasteiger partial charge is 0.465 e. The minimum absolute atomic E-state index is 0.0902. The lowest BCUT2D eigenvalue weighted by molar-refractivity contribution is -0.233. The van der Waals surface area contributed by atoms with Crippen molar-refractivity contribution in [2.24, 2.45) is 62.9 Å². The molecule has 1 aromatic rings. The molecule has 0 aromatic heterocycles. The maximum atomic E-state index is 12.0. The lowest BCUT2D eigenvalue weighted by Gasteiger charge is -2.73. The van der Waals surface area contributed by atoms with E-state index in [1.54, 1.807) is 0 Å². The normalized spacial score (nSPS) is 47.5. The number of rotatable bonds is 3. The molecule has 1 aromatic carbocycles. The summed E-state index contributed by atoms with van der Waals surface area (Å²) in [4.78, 5) is 12.0. The first-order valence-electron chi connectivity index (χ1n) is 16.7. The van der Waals surface area contributed by atoms with Crippen LogP contribution in [0.1, 0.15) is 135 Å². The quantitative estimate of drug-likeness (QED) is 0.384. The Bertz CT molecular complexity index is 1140. The van der Waals surface area contributed by atoms with E-state index in [9.17, 15) is 4.79 Å². The fourth-order valence-corrected chi connectivity index (χ4v) is 13.0. The lowest BCUT2D eigenvalue weighted by atomic mass is 9.32. The monoisotopic (exact) mass is 547 g/mol. The van der Waals surface area contributed by atoms with Crippen LogP contribution in [-0.4, -0.2) is 18.6 Å². The Kier molecular flexibility index (Phi) is 6.70. The van der Waals surface area contributed by atoms with E-state index < -0.39 is 0 Å². The summed E-state index contributed by atoms with van der Waals surface area (Å²) in [5.74, 6) is 4.87. The van der Waals surface area contributed by atoms with Crippen molar-refractivity contribution in [2.75, 3.05) is 7.11 Å². The van der Waals surface area contributed by atoms with Gasteiger partial charge in [-0.1, -0.05) is 60.6 Å². The van der Waals surface area contributed by atoms with Crippen molar-refractivity contribution in [1.29, 1.82) is 0 Å². The summed E-state index contributed by atoms with van der Waals surface area (Å²) >= 11 is 0. The van der Waals surface area contributed by atoms with Gasteiger partial charge in [-0.3, -0.25) is 0 Å². The molecule has 0 spiro atoms. The van der Waals surface area contributed by atoms with Gasteiger partial charge in [0.2, 0.25) is 0 Å². The molecule has 40 heavy (non-hydrogen) atoms. The van der Waals surface area contributed by atoms with Crippen LogP contribution in [0.15, 0.2) is 24.3 Å². The van der Waals surface area contributed by atoms with Gasteiger partial charge in [0, 0.05) is 5.54 Å². The number of benzene rings is 1. The standard InChI is InChI=1S/C37H57NO2/c1-23(2)26-15-20-37(38)22-21-35(6)28(31(26)37)13-14-30-34(5)18-16-27(24-9-11-25(12-10-24)32(39)40-8)33(3,4)29(34)17-19-36(30,35)7/h9-12,23,26-31H,13-22,38H2,1-8H3/t26-,27+,28+,29-,30+,31+,34-,35+,36+,37-/m0/s1. The van der Waals surface area contributed by atoms with E-state index in [-0.39, 0.29) is 16.9 Å². The molecule has 5 aliphatic rings. The molecule has 222 valence electrons. The molecule has 5 fully saturated rings. The second-order valence-corrected chi connectivity index (χ2v) is 16.9. The minimum atomic E-state index is -0.246. The smallest absolute Gasteiger partial charge is 0.337 e. The number of hydrogen-bond acceptors (Lipinski definition) is 3. The molecule has 5 saturated carbocycles. The molecule has 2 N–H and O–H groups in total. The summed E-state index contributed by atoms with van der Waals surface area (Å²) in [6.45, 7) is 18.3. The van der Waals surface area contributed by atoms with Crippen molar-refractivity contribution in [3.05, 3.63) is 35.4 Å². The van der Waals surface area contributed by atoms with Crippen LogP contribution in [0.25, 0.3) is 0 Å². The van der Waals surface area contributed by atoms with Gasteiger partial charge in [-0.15, -0.1) is 0 Å². The van der Waals surface area contributed by atoms with E-state index >= 15 is 0 Å². The predicted molar refractivity (Wildman–Crippen MR) is 164 cm³/mol. The zero-order valence-corrected chi connectivity index (χ0v) is 26.8. The van der Waals surface area contributed by atoms with Gasteiger partial charge in [-0.25, -0.2) is 4.79 Å². The number of ether oxygens (including phenoxy) is 1. The fourth-order valence-electron chi connectivity index (χ4n) is 13.0. The number of fused-ring (bicyclic) bond motifs is 7. The van der Waals surface area contributed by atoms with Crippen molar-refractivity contribution >= 4 is 5.97 Å². The second kappa shape index (κ2) is 9.32. The van der Waals surface area contributed by atoms with Crippen LogP contribution in [-0.2, 0) is 4.74 Å². The highest BCUT2D eigenvalue weighted by Crippen LogP contribution is 2.77. The van der Waals surface area contributed by atoms with Crippen LogP contribution in [0.5, 0.6) is 0 Å². The van der Waals surface area contributed by atoms with Crippen molar-refractivity contribution < 1.29 is 9.53 Å². The molecule has 3 heteroatoms. The van der Waals surface area contributed by atoms with E-state index in [0.29, 0.717) is 27.7 Å². The maximum absolute atomic E-state index is 12.0. The van der Waals surface area contributed by atoms with Crippen LogP contribution in [0.2, 0.25) is 0 Å². The summed E-state index contributed by atoms with van der Waals surface area (Å²) in [5, 5.41) is 0. The summed E-state index contributed by atoms with van der Waals surface area (Å²) in [6.07, 6.45) is 13.3. The molecular weight excluding hydrogens is 490 g/mol. The van der Waals surface area contributed by atoms with Crippen LogP contribution >= 0.6 is 0 Å². The van der Waals surface area contributed by atoms with Crippen molar-refractivity contribution in [3.63, 3.8) is 0 Å². The molecule has 3 nitrogen and oxygen atoms in total. The minimum Gasteiger partial charge on any atom is -0.465 e. The van der Waals surface area contributed by atoms with E-state index in [1.165, 1.54) is 76.9 Å². The second-order valence-electron chi connectivity index (χ2n) is 16.9. The Balaban J connectivity index is 1.30. The van der Waals surface area contributed by atoms with Crippen LogP contribution in [0.4, 0.5) is 0 Å². The molecule has 0 aliphatic heterocycles. The Hall–Kier alpha value is -1.35. The van der Waals surface area contributed by atoms with Gasteiger partial charge in [0.15, 0.2) is 0 Å². The first-order valence-corrected chi connectivity index (χ1v) is 16.7. The number of nitrogens with two attached hydrogens (primary N) is 1. The maximum Gasteiger partial charge on any atom is 0.337 e. The highest BCUT2D eigenvalue weighted by Gasteiger charge is 2.70. The molecule has 5 aliphatic carbocycles. The van der Waals surface area contributed by atoms with Gasteiger partial charge in [-0.05, 0) is 145 Å². The van der Waals surface area contributed by atoms with E-state index in [1.807, 2.05) is 12.1 Å². The molecule has 0 amide bonds. The zero-order valence-electron chi connectivity index (χ0n) is 26.8. The average Bonchev–Trinajstić information content (AvgIpc) is 3.26. The molecule has 0 heterocycles. The number of esters is 1. The SMILES string of the molecule is COC(=O)c1ccc([C@H]2CC[C@]3(C)[C@H]4CC[C@@H]5[C@H]6[C@H](C(C)C)CC[C@]6(N)CC[C@@]5(C)[C@]4(C)CC[C@H]3C2(C)C)cc1. The van der Waals surface area contributed by atoms with Gasteiger partial charge in [0.05, 0.1) is 12.7 Å². The fraction of sp³-hybridized carbons (Fsp3) is 0.811. The van der Waals surface area contributed by atoms with Crippen LogP contribution in [0, 0.1) is 57.2 Å². The molecular formula is C37H57NO2. The average molecular weight is 548 g/mol. The summed E-state index contributed by atoms with van der Waals surface area (Å²) in [5.41, 5.74) is 10.9. The number of hydrogen-bond donors (Lipinski definition) is 1. The summed E-state index contributed by atoms with van der Waals surface area (Å²) in [6, 6.07) is 8.35. The Morgan fingerprint density at radius 3 is 2.17 bits per heavy atom. The highest BCUT2D eigenvalue weighted by molar-refractivity contribution is 5.89. The molecule has 0 radical (unpaired) electrons. The van der Waals surface area contributed by atoms with Gasteiger partial charge in [-0.2, -0.15) is 0 Å². The Labute approximate surface area is 244 Å². The lowest BCUT2D eigenvalue weighted by Crippen LogP contribution is -2.68. The van der Waals surface area contributed by atoms with Gasteiger partial charge < -0.3 is 10.5 Å². The Morgan fingerprint density at radius 1 is 0.825 bits per heavy atom. The molecule has 0 bridgehead atoms. The number of carbonyl (C=O) groups is 1. The number of methoxy groups -OCH3 is 1. The van der Waals surface area contributed by atoms with E-state index in [2.05, 4.69) is 60.6 Å². The zero-order chi connectivity index (χ0) is 28.9.